The van der Waals surface area contributed by atoms with Crippen LogP contribution in [0.25, 0.3) is 0 Å². The number of rotatable bonds is 8. The lowest BCUT2D eigenvalue weighted by molar-refractivity contribution is -0.137. The van der Waals surface area contributed by atoms with Crippen LogP contribution in [0.5, 0.6) is 0 Å². The minimum Gasteiger partial charge on any atom is -0.350 e. The molecule has 0 saturated carbocycles. The maximum atomic E-state index is 12.8. The van der Waals surface area contributed by atoms with Crippen LogP contribution in [0, 0.1) is 11.3 Å². The van der Waals surface area contributed by atoms with E-state index in [1.165, 1.54) is 12.1 Å². The van der Waals surface area contributed by atoms with E-state index in [2.05, 4.69) is 10.6 Å². The van der Waals surface area contributed by atoms with Gasteiger partial charge < -0.3 is 10.6 Å². The quantitative estimate of drug-likeness (QED) is 0.594. The number of nitrogens with zero attached hydrogens (tertiary/aromatic N) is 1. The number of alkyl halides is 3. The molecule has 0 radical (unpaired) electrons. The molecule has 1 unspecified atom stereocenters. The summed E-state index contributed by atoms with van der Waals surface area (Å²) in [5, 5.41) is 11.4. The van der Waals surface area contributed by atoms with Gasteiger partial charge in [-0.05, 0) is 29.8 Å². The van der Waals surface area contributed by atoms with Gasteiger partial charge in [0, 0.05) is 12.1 Å². The van der Waals surface area contributed by atoms with Gasteiger partial charge in [-0.15, -0.1) is 0 Å². The first-order chi connectivity index (χ1) is 14.5. The van der Waals surface area contributed by atoms with E-state index < -0.39 is 57.5 Å². The van der Waals surface area contributed by atoms with Crippen LogP contribution in [-0.4, -0.2) is 38.6 Å². The molecule has 164 valence electrons. The normalized spacial score (nSPS) is 12.5. The number of sulfone groups is 1. The topological polar surface area (TPSA) is 116 Å². The molecule has 11 heteroatoms. The molecular formula is C20H18F3N3O4S. The number of halogens is 3. The minimum atomic E-state index is -4.57. The molecule has 0 aliphatic rings. The second-order valence-corrected chi connectivity index (χ2v) is 8.63. The Bertz CT molecular complexity index is 1060. The molecule has 0 bridgehead atoms. The van der Waals surface area contributed by atoms with Crippen LogP contribution < -0.4 is 10.6 Å². The Kier molecular flexibility index (Phi) is 7.77. The zero-order chi connectivity index (χ0) is 23.1. The van der Waals surface area contributed by atoms with E-state index >= 15 is 0 Å². The van der Waals surface area contributed by atoms with Crippen molar-refractivity contribution in [2.24, 2.45) is 0 Å². The molecule has 0 saturated heterocycles. The first-order valence-electron chi connectivity index (χ1n) is 8.90. The summed E-state index contributed by atoms with van der Waals surface area (Å²) in [5.74, 6) is -2.33. The fraction of sp³-hybridized carbons (Fsp3) is 0.250. The highest BCUT2D eigenvalue weighted by atomic mass is 32.2. The molecule has 31 heavy (non-hydrogen) atoms. The third-order valence-corrected chi connectivity index (χ3v) is 6.18. The average Bonchev–Trinajstić information content (AvgIpc) is 2.72. The lowest BCUT2D eigenvalue weighted by atomic mass is 10.1. The van der Waals surface area contributed by atoms with E-state index in [0.717, 1.165) is 24.3 Å². The third-order valence-electron chi connectivity index (χ3n) is 4.20. The Balaban J connectivity index is 2.20. The molecular weight excluding hydrogens is 435 g/mol. The molecule has 0 spiro atoms. The molecule has 2 aromatic rings. The minimum absolute atomic E-state index is 0.0421. The van der Waals surface area contributed by atoms with Crippen LogP contribution in [0.1, 0.15) is 21.5 Å². The van der Waals surface area contributed by atoms with Gasteiger partial charge in [0.25, 0.3) is 5.91 Å². The van der Waals surface area contributed by atoms with E-state index in [1.807, 2.05) is 0 Å². The SMILES string of the molecule is N#CCNC(=O)C(CNC(=O)c1ccccc1)S(=O)(=O)Cc1ccc(C(F)(F)F)cc1. The summed E-state index contributed by atoms with van der Waals surface area (Å²) in [6.07, 6.45) is -4.57. The van der Waals surface area contributed by atoms with Crippen molar-refractivity contribution in [1.82, 2.24) is 10.6 Å². The molecule has 0 aliphatic carbocycles. The highest BCUT2D eigenvalue weighted by Gasteiger charge is 2.34. The van der Waals surface area contributed by atoms with Crippen LogP contribution in [0.4, 0.5) is 13.2 Å². The first-order valence-corrected chi connectivity index (χ1v) is 10.6. The second kappa shape index (κ2) is 10.1. The van der Waals surface area contributed by atoms with Crippen LogP contribution in [-0.2, 0) is 26.6 Å². The van der Waals surface area contributed by atoms with Crippen LogP contribution in [0.15, 0.2) is 54.6 Å². The number of carbonyl (C=O) groups excluding carboxylic acids is 2. The van der Waals surface area contributed by atoms with Gasteiger partial charge in [-0.1, -0.05) is 30.3 Å². The van der Waals surface area contributed by atoms with E-state index in [-0.39, 0.29) is 11.1 Å². The number of amides is 2. The summed E-state index contributed by atoms with van der Waals surface area (Å²) in [6, 6.07) is 13.0. The van der Waals surface area contributed by atoms with Crippen molar-refractivity contribution in [3.05, 3.63) is 71.3 Å². The summed E-state index contributed by atoms with van der Waals surface area (Å²) < 4.78 is 63.7. The van der Waals surface area contributed by atoms with Gasteiger partial charge in [-0.25, -0.2) is 8.42 Å². The van der Waals surface area contributed by atoms with Gasteiger partial charge in [0.1, 0.15) is 6.54 Å². The Morgan fingerprint density at radius 1 is 1.00 bits per heavy atom. The number of carbonyl (C=O) groups is 2. The van der Waals surface area contributed by atoms with Crippen molar-refractivity contribution < 1.29 is 31.2 Å². The smallest absolute Gasteiger partial charge is 0.350 e. The highest BCUT2D eigenvalue weighted by Crippen LogP contribution is 2.29. The number of hydrogen-bond acceptors (Lipinski definition) is 5. The van der Waals surface area contributed by atoms with Gasteiger partial charge in [0.15, 0.2) is 15.1 Å². The van der Waals surface area contributed by atoms with Crippen LogP contribution in [0.2, 0.25) is 0 Å². The fourth-order valence-electron chi connectivity index (χ4n) is 2.62. The van der Waals surface area contributed by atoms with E-state index in [1.54, 1.807) is 24.3 Å². The summed E-state index contributed by atoms with van der Waals surface area (Å²) in [4.78, 5) is 24.5. The summed E-state index contributed by atoms with van der Waals surface area (Å²) in [7, 11) is -4.25. The van der Waals surface area contributed by atoms with Crippen molar-refractivity contribution in [3.63, 3.8) is 0 Å². The molecule has 0 aliphatic heterocycles. The number of nitriles is 1. The average molecular weight is 453 g/mol. The van der Waals surface area contributed by atoms with Gasteiger partial charge in [0.2, 0.25) is 5.91 Å². The highest BCUT2D eigenvalue weighted by molar-refractivity contribution is 7.92. The monoisotopic (exact) mass is 453 g/mol. The zero-order valence-electron chi connectivity index (χ0n) is 16.0. The number of benzene rings is 2. The Morgan fingerprint density at radius 2 is 1.61 bits per heavy atom. The van der Waals surface area contributed by atoms with Gasteiger partial charge in [0.05, 0.1) is 17.4 Å². The van der Waals surface area contributed by atoms with Crippen molar-refractivity contribution in [3.8, 4) is 6.07 Å². The first kappa shape index (κ1) is 23.9. The third kappa shape index (κ3) is 6.82. The predicted octanol–water partition coefficient (Wildman–Crippen LogP) is 2.06. The summed E-state index contributed by atoms with van der Waals surface area (Å²) in [5.41, 5.74) is -0.647. The van der Waals surface area contributed by atoms with Gasteiger partial charge in [-0.2, -0.15) is 18.4 Å². The number of hydrogen-bond donors (Lipinski definition) is 2. The molecule has 0 fully saturated rings. The van der Waals surface area contributed by atoms with Gasteiger partial charge >= 0.3 is 6.18 Å². The second-order valence-electron chi connectivity index (χ2n) is 6.44. The number of nitrogens with one attached hydrogen (secondary N) is 2. The predicted molar refractivity (Wildman–Crippen MR) is 105 cm³/mol. The molecule has 2 aromatic carbocycles. The van der Waals surface area contributed by atoms with Crippen molar-refractivity contribution in [2.75, 3.05) is 13.1 Å². The molecule has 2 rings (SSSR count). The van der Waals surface area contributed by atoms with Gasteiger partial charge in [-0.3, -0.25) is 9.59 Å². The van der Waals surface area contributed by atoms with Crippen LogP contribution >= 0.6 is 0 Å². The van der Waals surface area contributed by atoms with E-state index in [0.29, 0.717) is 0 Å². The van der Waals surface area contributed by atoms with Crippen molar-refractivity contribution in [1.29, 1.82) is 5.26 Å². The van der Waals surface area contributed by atoms with Crippen molar-refractivity contribution >= 4 is 21.7 Å². The molecule has 7 nitrogen and oxygen atoms in total. The molecule has 2 amide bonds. The maximum absolute atomic E-state index is 12.8. The van der Waals surface area contributed by atoms with E-state index in [9.17, 15) is 31.2 Å². The fourth-order valence-corrected chi connectivity index (χ4v) is 4.23. The largest absolute Gasteiger partial charge is 0.416 e. The molecule has 1 atom stereocenters. The van der Waals surface area contributed by atoms with Crippen LogP contribution in [0.3, 0.4) is 0 Å². The van der Waals surface area contributed by atoms with Crippen molar-refractivity contribution in [2.45, 2.75) is 17.2 Å². The van der Waals surface area contributed by atoms with E-state index in [4.69, 9.17) is 5.26 Å². The summed E-state index contributed by atoms with van der Waals surface area (Å²) >= 11 is 0. The summed E-state index contributed by atoms with van der Waals surface area (Å²) in [6.45, 7) is -1.02. The Hall–Kier alpha value is -3.39. The Morgan fingerprint density at radius 3 is 2.16 bits per heavy atom. The molecule has 0 heterocycles. The lowest BCUT2D eigenvalue weighted by Crippen LogP contribution is -2.47. The zero-order valence-corrected chi connectivity index (χ0v) is 16.8. The molecule has 2 N–H and O–H groups in total. The standard InChI is InChI=1S/C20H18F3N3O4S/c21-20(22,23)16-8-6-14(7-9-16)13-31(29,30)17(19(28)25-11-10-24)12-26-18(27)15-4-2-1-3-5-15/h1-9,17H,11-13H2,(H,25,28)(H,26,27). The maximum Gasteiger partial charge on any atom is 0.416 e. The lowest BCUT2D eigenvalue weighted by Gasteiger charge is -2.18. The Labute approximate surface area is 176 Å². The molecule has 0 aromatic heterocycles.